The first-order chi connectivity index (χ1) is 11.2. The Morgan fingerprint density at radius 1 is 1.09 bits per heavy atom. The first-order valence-corrected chi connectivity index (χ1v) is 8.73. The van der Waals surface area contributed by atoms with E-state index in [0.29, 0.717) is 12.3 Å². The Kier molecular flexibility index (Phi) is 5.86. The predicted molar refractivity (Wildman–Crippen MR) is 88.2 cm³/mol. The van der Waals surface area contributed by atoms with Crippen molar-refractivity contribution in [2.24, 2.45) is 0 Å². The van der Waals surface area contributed by atoms with Crippen molar-refractivity contribution in [2.75, 3.05) is 39.3 Å². The van der Waals surface area contributed by atoms with Gasteiger partial charge in [-0.3, -0.25) is 0 Å². The van der Waals surface area contributed by atoms with Crippen molar-refractivity contribution in [3.63, 3.8) is 0 Å². The zero-order valence-corrected chi connectivity index (χ0v) is 13.7. The van der Waals surface area contributed by atoms with Crippen LogP contribution in [-0.4, -0.2) is 66.4 Å². The SMILES string of the molecule is O[C@@H](COc1ccc(F)cc1)CN1CCC(N2CCCC2)CC1. The molecule has 2 fully saturated rings. The minimum absolute atomic E-state index is 0.248. The molecule has 5 heteroatoms. The van der Waals surface area contributed by atoms with Gasteiger partial charge in [-0.15, -0.1) is 0 Å². The number of halogens is 1. The number of hydrogen-bond acceptors (Lipinski definition) is 4. The van der Waals surface area contributed by atoms with Crippen LogP contribution in [0.4, 0.5) is 4.39 Å². The molecular formula is C18H27FN2O2. The molecular weight excluding hydrogens is 295 g/mol. The molecule has 0 amide bonds. The summed E-state index contributed by atoms with van der Waals surface area (Å²) >= 11 is 0. The van der Waals surface area contributed by atoms with Crippen LogP contribution in [0.15, 0.2) is 24.3 Å². The zero-order chi connectivity index (χ0) is 16.1. The minimum Gasteiger partial charge on any atom is -0.491 e. The molecule has 2 heterocycles. The van der Waals surface area contributed by atoms with Gasteiger partial charge in [-0.2, -0.15) is 0 Å². The molecule has 0 bridgehead atoms. The summed E-state index contributed by atoms with van der Waals surface area (Å²) in [6.07, 6.45) is 4.58. The number of benzene rings is 1. The smallest absolute Gasteiger partial charge is 0.123 e. The predicted octanol–water partition coefficient (Wildman–Crippen LogP) is 2.13. The van der Waals surface area contributed by atoms with Crippen molar-refractivity contribution in [2.45, 2.75) is 37.8 Å². The quantitative estimate of drug-likeness (QED) is 0.870. The van der Waals surface area contributed by atoms with Crippen LogP contribution >= 0.6 is 0 Å². The summed E-state index contributed by atoms with van der Waals surface area (Å²) in [5.74, 6) is 0.317. The van der Waals surface area contributed by atoms with Crippen molar-refractivity contribution in [1.82, 2.24) is 9.80 Å². The molecule has 2 saturated heterocycles. The van der Waals surface area contributed by atoms with Crippen molar-refractivity contribution >= 4 is 0 Å². The topological polar surface area (TPSA) is 35.9 Å². The highest BCUT2D eigenvalue weighted by atomic mass is 19.1. The van der Waals surface area contributed by atoms with Crippen LogP contribution in [0.2, 0.25) is 0 Å². The van der Waals surface area contributed by atoms with E-state index < -0.39 is 6.10 Å². The molecule has 128 valence electrons. The van der Waals surface area contributed by atoms with E-state index in [1.165, 1.54) is 50.9 Å². The number of likely N-dealkylation sites (tertiary alicyclic amines) is 2. The van der Waals surface area contributed by atoms with Crippen LogP contribution in [0.25, 0.3) is 0 Å². The third-order valence-corrected chi connectivity index (χ3v) is 4.94. The normalized spacial score (nSPS) is 22.3. The number of nitrogens with zero attached hydrogens (tertiary/aromatic N) is 2. The average molecular weight is 322 g/mol. The Morgan fingerprint density at radius 3 is 2.39 bits per heavy atom. The van der Waals surface area contributed by atoms with Crippen molar-refractivity contribution in [3.8, 4) is 5.75 Å². The summed E-state index contributed by atoms with van der Waals surface area (Å²) in [6.45, 7) is 5.52. The second kappa shape index (κ2) is 8.08. The summed E-state index contributed by atoms with van der Waals surface area (Å²) in [4.78, 5) is 4.96. The number of hydrogen-bond donors (Lipinski definition) is 1. The fourth-order valence-electron chi connectivity index (χ4n) is 3.65. The van der Waals surface area contributed by atoms with Gasteiger partial charge < -0.3 is 19.6 Å². The van der Waals surface area contributed by atoms with Crippen molar-refractivity contribution in [3.05, 3.63) is 30.1 Å². The number of aliphatic hydroxyl groups excluding tert-OH is 1. The van der Waals surface area contributed by atoms with Crippen LogP contribution in [0.3, 0.4) is 0 Å². The Bertz CT molecular complexity index is 468. The molecule has 2 aliphatic heterocycles. The molecule has 0 saturated carbocycles. The lowest BCUT2D eigenvalue weighted by atomic mass is 10.0. The third kappa shape index (κ3) is 4.90. The maximum Gasteiger partial charge on any atom is 0.123 e. The number of piperidine rings is 1. The molecule has 3 rings (SSSR count). The van der Waals surface area contributed by atoms with Gasteiger partial charge in [0, 0.05) is 12.6 Å². The maximum absolute atomic E-state index is 12.8. The van der Waals surface area contributed by atoms with E-state index in [-0.39, 0.29) is 12.4 Å². The average Bonchev–Trinajstić information content (AvgIpc) is 3.09. The fraction of sp³-hybridized carbons (Fsp3) is 0.667. The second-order valence-corrected chi connectivity index (χ2v) is 6.69. The number of ether oxygens (including phenoxy) is 1. The van der Waals surface area contributed by atoms with Crippen LogP contribution in [0.5, 0.6) is 5.75 Å². The van der Waals surface area contributed by atoms with E-state index >= 15 is 0 Å². The molecule has 0 radical (unpaired) electrons. The largest absolute Gasteiger partial charge is 0.491 e. The molecule has 0 aromatic heterocycles. The standard InChI is InChI=1S/C18H27FN2O2/c19-15-3-5-18(6-4-15)23-14-17(22)13-20-11-7-16(8-12-20)21-9-1-2-10-21/h3-6,16-17,22H,1-2,7-14H2/t17-/m1/s1. The first-order valence-electron chi connectivity index (χ1n) is 8.73. The molecule has 1 aromatic rings. The molecule has 0 unspecified atom stereocenters. The van der Waals surface area contributed by atoms with Gasteiger partial charge in [0.05, 0.1) is 0 Å². The summed E-state index contributed by atoms with van der Waals surface area (Å²) in [7, 11) is 0. The van der Waals surface area contributed by atoms with E-state index in [4.69, 9.17) is 4.74 Å². The Balaban J connectivity index is 1.35. The second-order valence-electron chi connectivity index (χ2n) is 6.69. The highest BCUT2D eigenvalue weighted by Gasteiger charge is 2.27. The minimum atomic E-state index is -0.511. The van der Waals surface area contributed by atoms with Crippen LogP contribution in [0, 0.1) is 5.82 Å². The van der Waals surface area contributed by atoms with Gasteiger partial charge in [-0.1, -0.05) is 0 Å². The van der Waals surface area contributed by atoms with Gasteiger partial charge in [-0.25, -0.2) is 4.39 Å². The van der Waals surface area contributed by atoms with Gasteiger partial charge in [0.1, 0.15) is 24.3 Å². The maximum atomic E-state index is 12.8. The van der Waals surface area contributed by atoms with Crippen molar-refractivity contribution < 1.29 is 14.2 Å². The third-order valence-electron chi connectivity index (χ3n) is 4.94. The number of β-amino-alcohol motifs (C(OH)–C–C–N with tert-alkyl or cyclic N) is 1. The lowest BCUT2D eigenvalue weighted by Gasteiger charge is -2.37. The van der Waals surface area contributed by atoms with Gasteiger partial charge in [-0.05, 0) is 76.1 Å². The Labute approximate surface area is 137 Å². The molecule has 4 nitrogen and oxygen atoms in total. The summed E-state index contributed by atoms with van der Waals surface area (Å²) in [5, 5.41) is 10.1. The molecule has 23 heavy (non-hydrogen) atoms. The Hall–Kier alpha value is -1.17. The van der Waals surface area contributed by atoms with E-state index in [2.05, 4.69) is 9.80 Å². The summed E-state index contributed by atoms with van der Waals surface area (Å²) in [6, 6.07) is 6.64. The van der Waals surface area contributed by atoms with E-state index in [1.807, 2.05) is 0 Å². The zero-order valence-electron chi connectivity index (χ0n) is 13.7. The van der Waals surface area contributed by atoms with Gasteiger partial charge >= 0.3 is 0 Å². The molecule has 0 aliphatic carbocycles. The first kappa shape index (κ1) is 16.7. The van der Waals surface area contributed by atoms with Crippen LogP contribution in [0.1, 0.15) is 25.7 Å². The van der Waals surface area contributed by atoms with Gasteiger partial charge in [0.15, 0.2) is 0 Å². The Morgan fingerprint density at radius 2 is 1.74 bits per heavy atom. The fourth-order valence-corrected chi connectivity index (χ4v) is 3.65. The highest BCUT2D eigenvalue weighted by molar-refractivity contribution is 5.22. The highest BCUT2D eigenvalue weighted by Crippen LogP contribution is 2.21. The summed E-state index contributed by atoms with van der Waals surface area (Å²) < 4.78 is 18.3. The number of aliphatic hydroxyl groups is 1. The van der Waals surface area contributed by atoms with E-state index in [9.17, 15) is 9.50 Å². The van der Waals surface area contributed by atoms with Gasteiger partial charge in [0.25, 0.3) is 0 Å². The number of rotatable bonds is 6. The lowest BCUT2D eigenvalue weighted by molar-refractivity contribution is 0.0476. The molecule has 0 spiro atoms. The van der Waals surface area contributed by atoms with Crippen LogP contribution < -0.4 is 4.74 Å². The monoisotopic (exact) mass is 322 g/mol. The van der Waals surface area contributed by atoms with Crippen molar-refractivity contribution in [1.29, 1.82) is 0 Å². The van der Waals surface area contributed by atoms with Gasteiger partial charge in [0.2, 0.25) is 0 Å². The van der Waals surface area contributed by atoms with E-state index in [1.54, 1.807) is 12.1 Å². The summed E-state index contributed by atoms with van der Waals surface area (Å²) in [5.41, 5.74) is 0. The molecule has 1 aromatic carbocycles. The van der Waals surface area contributed by atoms with E-state index in [0.717, 1.165) is 19.1 Å². The lowest BCUT2D eigenvalue weighted by Crippen LogP contribution is -2.46. The van der Waals surface area contributed by atoms with Crippen LogP contribution in [-0.2, 0) is 0 Å². The molecule has 2 aliphatic rings. The molecule has 1 N–H and O–H groups in total. The molecule has 1 atom stereocenters.